The first kappa shape index (κ1) is 17.9. The van der Waals surface area contributed by atoms with E-state index < -0.39 is 0 Å². The number of aromatic nitrogens is 4. The molecule has 0 amide bonds. The molecule has 1 aliphatic carbocycles. The largest absolute Gasteiger partial charge is 0.475 e. The predicted molar refractivity (Wildman–Crippen MR) is 108 cm³/mol. The van der Waals surface area contributed by atoms with Gasteiger partial charge >= 0.3 is 0 Å². The van der Waals surface area contributed by atoms with E-state index in [0.717, 1.165) is 47.7 Å². The summed E-state index contributed by atoms with van der Waals surface area (Å²) in [4.78, 5) is 11.4. The molecule has 3 aromatic rings. The van der Waals surface area contributed by atoms with Crippen LogP contribution >= 0.6 is 0 Å². The van der Waals surface area contributed by atoms with Crippen LogP contribution in [0.3, 0.4) is 0 Å². The zero-order valence-electron chi connectivity index (χ0n) is 16.5. The fourth-order valence-electron chi connectivity index (χ4n) is 4.21. The highest BCUT2D eigenvalue weighted by atomic mass is 19.1. The molecule has 0 radical (unpaired) electrons. The van der Waals surface area contributed by atoms with Crippen LogP contribution in [-0.2, 0) is 5.54 Å². The fraction of sp³-hybridized carbons (Fsp3) is 0.381. The molecular formula is C21H23FN6O. The van der Waals surface area contributed by atoms with Crippen LogP contribution in [0.25, 0.3) is 11.3 Å². The number of fused-ring (bicyclic) bond motifs is 3. The lowest BCUT2D eigenvalue weighted by Crippen LogP contribution is -2.37. The van der Waals surface area contributed by atoms with Gasteiger partial charge in [-0.25, -0.2) is 18.9 Å². The van der Waals surface area contributed by atoms with E-state index in [1.807, 2.05) is 19.2 Å². The van der Waals surface area contributed by atoms with Gasteiger partial charge in [0.25, 0.3) is 0 Å². The van der Waals surface area contributed by atoms with E-state index >= 15 is 0 Å². The third-order valence-electron chi connectivity index (χ3n) is 5.72. The molecule has 5 rings (SSSR count). The van der Waals surface area contributed by atoms with Crippen LogP contribution in [0.15, 0.2) is 37.3 Å². The van der Waals surface area contributed by atoms with E-state index in [1.165, 1.54) is 6.20 Å². The smallest absolute Gasteiger partial charge is 0.219 e. The molecule has 2 aliphatic rings. The highest BCUT2D eigenvalue weighted by molar-refractivity contribution is 5.74. The topological polar surface area (TPSA) is 67.6 Å². The molecule has 1 fully saturated rings. The van der Waals surface area contributed by atoms with Gasteiger partial charge in [-0.1, -0.05) is 6.58 Å². The fourth-order valence-corrected chi connectivity index (χ4v) is 4.21. The van der Waals surface area contributed by atoms with Crippen molar-refractivity contribution in [3.8, 4) is 5.88 Å². The molecule has 1 atom stereocenters. The number of ether oxygens (including phenoxy) is 1. The van der Waals surface area contributed by atoms with Crippen molar-refractivity contribution in [1.82, 2.24) is 24.9 Å². The Morgan fingerprint density at radius 2 is 2.21 bits per heavy atom. The first-order valence-corrected chi connectivity index (χ1v) is 9.88. The van der Waals surface area contributed by atoms with E-state index in [2.05, 4.69) is 33.8 Å². The molecule has 0 aromatic carbocycles. The zero-order chi connectivity index (χ0) is 20.2. The first-order chi connectivity index (χ1) is 14.0. The molecule has 1 spiro atoms. The highest BCUT2D eigenvalue weighted by Gasteiger charge is 2.52. The second-order valence-corrected chi connectivity index (χ2v) is 7.73. The molecule has 150 valence electrons. The average molecular weight is 394 g/mol. The summed E-state index contributed by atoms with van der Waals surface area (Å²) >= 11 is 0. The summed E-state index contributed by atoms with van der Waals surface area (Å²) in [6.07, 6.45) is 6.66. The summed E-state index contributed by atoms with van der Waals surface area (Å²) < 4.78 is 22.0. The predicted octanol–water partition coefficient (Wildman–Crippen LogP) is 3.12. The van der Waals surface area contributed by atoms with Crippen molar-refractivity contribution in [3.63, 3.8) is 0 Å². The van der Waals surface area contributed by atoms with Crippen LogP contribution in [0.1, 0.15) is 37.8 Å². The van der Waals surface area contributed by atoms with Gasteiger partial charge in [0.2, 0.25) is 5.88 Å². The lowest BCUT2D eigenvalue weighted by Gasteiger charge is -2.33. The van der Waals surface area contributed by atoms with E-state index in [4.69, 9.17) is 9.72 Å². The number of nitrogens with one attached hydrogen (secondary N) is 1. The summed E-state index contributed by atoms with van der Waals surface area (Å²) in [5.41, 5.74) is 2.73. The minimum absolute atomic E-state index is 0.0291. The number of nitrogens with zero attached hydrogens (tertiary/aromatic N) is 5. The SMILES string of the molecule is C=C1N[C@H](C)COc2ncc(F)cc2C2(CC2)N(CC)c2ccn3ncc1c3n2. The molecule has 0 unspecified atom stereocenters. The van der Waals surface area contributed by atoms with Crippen molar-refractivity contribution in [2.75, 3.05) is 18.1 Å². The number of hydrogen-bond donors (Lipinski definition) is 1. The van der Waals surface area contributed by atoms with E-state index in [1.54, 1.807) is 16.8 Å². The van der Waals surface area contributed by atoms with Gasteiger partial charge in [0.1, 0.15) is 18.2 Å². The summed E-state index contributed by atoms with van der Waals surface area (Å²) in [6, 6.07) is 3.47. The molecule has 1 saturated carbocycles. The van der Waals surface area contributed by atoms with Crippen molar-refractivity contribution in [2.45, 2.75) is 38.3 Å². The van der Waals surface area contributed by atoms with Gasteiger partial charge in [-0.15, -0.1) is 0 Å². The Balaban J connectivity index is 1.72. The van der Waals surface area contributed by atoms with Gasteiger partial charge in [-0.05, 0) is 38.8 Å². The van der Waals surface area contributed by atoms with Crippen molar-refractivity contribution in [1.29, 1.82) is 0 Å². The Morgan fingerprint density at radius 3 is 2.97 bits per heavy atom. The van der Waals surface area contributed by atoms with Crippen LogP contribution in [0.2, 0.25) is 0 Å². The van der Waals surface area contributed by atoms with Crippen LogP contribution in [0, 0.1) is 5.82 Å². The lowest BCUT2D eigenvalue weighted by atomic mass is 10.0. The quantitative estimate of drug-likeness (QED) is 0.684. The molecule has 3 aromatic heterocycles. The number of hydrogen-bond acceptors (Lipinski definition) is 6. The second kappa shape index (κ2) is 6.43. The molecular weight excluding hydrogens is 371 g/mol. The van der Waals surface area contributed by atoms with Gasteiger partial charge in [-0.2, -0.15) is 5.10 Å². The molecule has 7 nitrogen and oxygen atoms in total. The summed E-state index contributed by atoms with van der Waals surface area (Å²) in [7, 11) is 0. The van der Waals surface area contributed by atoms with Crippen molar-refractivity contribution in [3.05, 3.63) is 54.2 Å². The maximum absolute atomic E-state index is 14.2. The number of rotatable bonds is 1. The normalized spacial score (nSPS) is 20.4. The van der Waals surface area contributed by atoms with Crippen LogP contribution in [0.5, 0.6) is 5.88 Å². The Labute approximate surface area is 168 Å². The molecule has 0 saturated heterocycles. The third kappa shape index (κ3) is 2.82. The Kier molecular flexibility index (Phi) is 3.97. The van der Waals surface area contributed by atoms with Gasteiger partial charge in [0.05, 0.1) is 29.5 Å². The van der Waals surface area contributed by atoms with E-state index in [9.17, 15) is 4.39 Å². The lowest BCUT2D eigenvalue weighted by molar-refractivity contribution is 0.268. The van der Waals surface area contributed by atoms with Gasteiger partial charge in [0.15, 0.2) is 5.65 Å². The minimum Gasteiger partial charge on any atom is -0.475 e. The Bertz CT molecular complexity index is 1110. The Hall–Kier alpha value is -3.16. The molecule has 1 N–H and O–H groups in total. The first-order valence-electron chi connectivity index (χ1n) is 9.88. The van der Waals surface area contributed by atoms with Gasteiger partial charge in [-0.3, -0.25) is 0 Å². The number of anilines is 1. The maximum Gasteiger partial charge on any atom is 0.219 e. The monoisotopic (exact) mass is 394 g/mol. The molecule has 29 heavy (non-hydrogen) atoms. The van der Waals surface area contributed by atoms with Crippen molar-refractivity contribution < 1.29 is 9.13 Å². The standard InChI is InChI=1S/C21H23FN6O/c1-4-27-18-5-8-28-19(26-18)16(11-24-28)14(3)25-13(2)12-29-20-17(21(27)6-7-21)9-15(22)10-23-20/h5,8-11,13,25H,3-4,6-7,12H2,1-2H3/t13-/m1/s1. The van der Waals surface area contributed by atoms with Gasteiger partial charge in [0, 0.05) is 24.0 Å². The highest BCUT2D eigenvalue weighted by Crippen LogP contribution is 2.54. The van der Waals surface area contributed by atoms with Crippen molar-refractivity contribution in [2.24, 2.45) is 0 Å². The summed E-state index contributed by atoms with van der Waals surface area (Å²) in [5, 5.41) is 7.75. The summed E-state index contributed by atoms with van der Waals surface area (Å²) in [6.45, 7) is 9.35. The van der Waals surface area contributed by atoms with Crippen LogP contribution in [0.4, 0.5) is 10.2 Å². The van der Waals surface area contributed by atoms with E-state index in [-0.39, 0.29) is 17.4 Å². The van der Waals surface area contributed by atoms with Crippen LogP contribution in [-0.4, -0.2) is 38.8 Å². The maximum atomic E-state index is 14.2. The second-order valence-electron chi connectivity index (χ2n) is 7.73. The third-order valence-corrected chi connectivity index (χ3v) is 5.72. The molecule has 8 heteroatoms. The van der Waals surface area contributed by atoms with Crippen molar-refractivity contribution >= 4 is 17.2 Å². The molecule has 1 aliphatic heterocycles. The van der Waals surface area contributed by atoms with Crippen LogP contribution < -0.4 is 15.0 Å². The number of halogens is 1. The summed E-state index contributed by atoms with van der Waals surface area (Å²) in [5.74, 6) is 0.930. The zero-order valence-corrected chi connectivity index (χ0v) is 16.5. The molecule has 2 bridgehead atoms. The average Bonchev–Trinajstić information content (AvgIpc) is 3.38. The number of pyridine rings is 1. The van der Waals surface area contributed by atoms with Gasteiger partial charge < -0.3 is 15.0 Å². The molecule has 4 heterocycles. The van der Waals surface area contributed by atoms with E-state index in [0.29, 0.717) is 12.5 Å². The Morgan fingerprint density at radius 1 is 1.38 bits per heavy atom. The minimum atomic E-state index is -0.369.